The van der Waals surface area contributed by atoms with Crippen molar-refractivity contribution in [3.05, 3.63) is 24.3 Å². The first-order valence-corrected chi connectivity index (χ1v) is 22.1. The van der Waals surface area contributed by atoms with E-state index < -0.39 is 75.7 Å². The van der Waals surface area contributed by atoms with Crippen molar-refractivity contribution in [1.82, 2.24) is 0 Å². The fourth-order valence-electron chi connectivity index (χ4n) is 6.13. The Morgan fingerprint density at radius 3 is 1.56 bits per heavy atom. The second kappa shape index (κ2) is 31.4. The standard InChI is InChI=1S/C40H73O13P/c1-3-5-7-9-11-13-15-16-17-19-21-23-25-27-29-34(42)52-32(30-50-33(41)28-26-24-22-20-18-14-12-10-8-6-4-2)31-51-54(48,49)53-40-38(46)36(44)35(43)37(45)39(40)47/h9,11,15-16,32,35-40,43-47H,3-8,10,12-14,17-31H2,1-2H3,(H,48,49)/b11-9+,16-15+/t32-,35?,36-,37?,38?,39?,40?/m1/s1. The molecule has 13 nitrogen and oxygen atoms in total. The van der Waals surface area contributed by atoms with E-state index in [0.717, 1.165) is 64.2 Å². The molecule has 0 heterocycles. The summed E-state index contributed by atoms with van der Waals surface area (Å²) in [6.07, 6.45) is 18.2. The molecule has 6 unspecified atom stereocenters. The Morgan fingerprint density at radius 1 is 0.574 bits per heavy atom. The lowest BCUT2D eigenvalue weighted by Gasteiger charge is -2.41. The van der Waals surface area contributed by atoms with Gasteiger partial charge in [0.1, 0.15) is 43.2 Å². The molecule has 1 rings (SSSR count). The number of rotatable bonds is 33. The normalized spacial score (nSPS) is 23.5. The summed E-state index contributed by atoms with van der Waals surface area (Å²) in [6.45, 7) is 3.21. The molecule has 0 amide bonds. The molecule has 1 aliphatic rings. The van der Waals surface area contributed by atoms with Gasteiger partial charge in [-0.25, -0.2) is 4.57 Å². The number of carbonyl (C=O) groups excluding carboxylic acids is 2. The highest BCUT2D eigenvalue weighted by molar-refractivity contribution is 7.47. The zero-order valence-corrected chi connectivity index (χ0v) is 33.9. The Balaban J connectivity index is 2.53. The molecule has 0 saturated heterocycles. The zero-order valence-electron chi connectivity index (χ0n) is 33.0. The highest BCUT2D eigenvalue weighted by Gasteiger charge is 2.51. The summed E-state index contributed by atoms with van der Waals surface area (Å²) in [6, 6.07) is 0. The van der Waals surface area contributed by atoms with Crippen molar-refractivity contribution in [2.24, 2.45) is 0 Å². The van der Waals surface area contributed by atoms with Crippen LogP contribution in [0.15, 0.2) is 24.3 Å². The van der Waals surface area contributed by atoms with Crippen molar-refractivity contribution >= 4 is 19.8 Å². The maximum Gasteiger partial charge on any atom is 0.472 e. The zero-order chi connectivity index (χ0) is 40.0. The van der Waals surface area contributed by atoms with Gasteiger partial charge in [-0.05, 0) is 38.5 Å². The van der Waals surface area contributed by atoms with Crippen molar-refractivity contribution < 1.29 is 63.1 Å². The monoisotopic (exact) mass is 792 g/mol. The highest BCUT2D eigenvalue weighted by Crippen LogP contribution is 2.47. The van der Waals surface area contributed by atoms with Gasteiger partial charge in [0.15, 0.2) is 6.10 Å². The van der Waals surface area contributed by atoms with Crippen LogP contribution in [0.3, 0.4) is 0 Å². The molecule has 0 aromatic rings. The average molecular weight is 793 g/mol. The van der Waals surface area contributed by atoms with E-state index in [4.69, 9.17) is 18.5 Å². The van der Waals surface area contributed by atoms with Gasteiger partial charge in [-0.2, -0.15) is 0 Å². The summed E-state index contributed by atoms with van der Waals surface area (Å²) in [4.78, 5) is 35.5. The van der Waals surface area contributed by atoms with Crippen LogP contribution in [0, 0.1) is 0 Å². The lowest BCUT2D eigenvalue weighted by molar-refractivity contribution is -0.220. The van der Waals surface area contributed by atoms with E-state index in [2.05, 4.69) is 38.2 Å². The van der Waals surface area contributed by atoms with Crippen LogP contribution < -0.4 is 0 Å². The van der Waals surface area contributed by atoms with Crippen molar-refractivity contribution in [2.45, 2.75) is 204 Å². The molecule has 14 heteroatoms. The first-order chi connectivity index (χ1) is 25.9. The first kappa shape index (κ1) is 50.3. The number of esters is 2. The molecule has 54 heavy (non-hydrogen) atoms. The molecular weight excluding hydrogens is 719 g/mol. The third-order valence-corrected chi connectivity index (χ3v) is 10.5. The molecule has 6 N–H and O–H groups in total. The number of aliphatic hydroxyl groups is 5. The Morgan fingerprint density at radius 2 is 1.02 bits per heavy atom. The van der Waals surface area contributed by atoms with Crippen molar-refractivity contribution in [3.63, 3.8) is 0 Å². The number of phosphoric ester groups is 1. The lowest BCUT2D eigenvalue weighted by atomic mass is 9.85. The van der Waals surface area contributed by atoms with Crippen LogP contribution in [0.2, 0.25) is 0 Å². The predicted octanol–water partition coefficient (Wildman–Crippen LogP) is 6.89. The topological polar surface area (TPSA) is 210 Å². The molecule has 0 radical (unpaired) electrons. The molecular formula is C40H73O13P. The van der Waals surface area contributed by atoms with Gasteiger partial charge in [-0.1, -0.05) is 134 Å². The van der Waals surface area contributed by atoms with E-state index in [-0.39, 0.29) is 12.8 Å². The van der Waals surface area contributed by atoms with Gasteiger partial charge in [0.25, 0.3) is 0 Å². The molecule has 316 valence electrons. The van der Waals surface area contributed by atoms with Gasteiger partial charge in [-0.15, -0.1) is 0 Å². The van der Waals surface area contributed by atoms with Gasteiger partial charge < -0.3 is 39.9 Å². The molecule has 0 aliphatic heterocycles. The maximum absolute atomic E-state index is 12.8. The van der Waals surface area contributed by atoms with Crippen LogP contribution >= 0.6 is 7.82 Å². The number of phosphoric acid groups is 1. The van der Waals surface area contributed by atoms with Gasteiger partial charge in [-0.3, -0.25) is 18.6 Å². The quantitative estimate of drug-likeness (QED) is 0.0173. The molecule has 1 saturated carbocycles. The predicted molar refractivity (Wildman–Crippen MR) is 207 cm³/mol. The van der Waals surface area contributed by atoms with Gasteiger partial charge >= 0.3 is 19.8 Å². The number of aliphatic hydroxyl groups excluding tert-OH is 5. The molecule has 0 aromatic carbocycles. The number of hydrogen-bond acceptors (Lipinski definition) is 12. The summed E-state index contributed by atoms with van der Waals surface area (Å²) < 4.78 is 33.4. The fraction of sp³-hybridized carbons (Fsp3) is 0.850. The lowest BCUT2D eigenvalue weighted by Crippen LogP contribution is -2.64. The Hall–Kier alpha value is -1.67. The number of allylic oxidation sites excluding steroid dienone is 4. The Kier molecular flexibility index (Phi) is 29.3. The number of unbranched alkanes of at least 4 members (excludes halogenated alkanes) is 17. The van der Waals surface area contributed by atoms with E-state index >= 15 is 0 Å². The summed E-state index contributed by atoms with van der Waals surface area (Å²) in [5.74, 6) is -1.12. The van der Waals surface area contributed by atoms with Gasteiger partial charge in [0.05, 0.1) is 6.61 Å². The van der Waals surface area contributed by atoms with Crippen LogP contribution in [-0.4, -0.2) is 98.3 Å². The Bertz CT molecular complexity index is 1050. The number of hydrogen-bond donors (Lipinski definition) is 6. The van der Waals surface area contributed by atoms with E-state index in [0.29, 0.717) is 12.8 Å². The second-order valence-corrected chi connectivity index (χ2v) is 15.9. The summed E-state index contributed by atoms with van der Waals surface area (Å²) in [5.41, 5.74) is 0. The third-order valence-electron chi connectivity index (χ3n) is 9.55. The molecule has 8 atom stereocenters. The largest absolute Gasteiger partial charge is 0.472 e. The molecule has 0 bridgehead atoms. The van der Waals surface area contributed by atoms with Crippen LogP contribution in [0.5, 0.6) is 0 Å². The number of ether oxygens (including phenoxy) is 2. The van der Waals surface area contributed by atoms with E-state index in [1.807, 2.05) is 0 Å². The van der Waals surface area contributed by atoms with Crippen LogP contribution in [0.4, 0.5) is 0 Å². The summed E-state index contributed by atoms with van der Waals surface area (Å²) in [5, 5.41) is 50.0. The van der Waals surface area contributed by atoms with Gasteiger partial charge in [0.2, 0.25) is 0 Å². The third kappa shape index (κ3) is 24.1. The summed E-state index contributed by atoms with van der Waals surface area (Å²) in [7, 11) is -5.11. The second-order valence-electron chi connectivity index (χ2n) is 14.5. The molecule has 0 spiro atoms. The van der Waals surface area contributed by atoms with Gasteiger partial charge in [0, 0.05) is 12.8 Å². The van der Waals surface area contributed by atoms with Crippen molar-refractivity contribution in [3.8, 4) is 0 Å². The first-order valence-electron chi connectivity index (χ1n) is 20.6. The maximum atomic E-state index is 12.8. The van der Waals surface area contributed by atoms with Crippen LogP contribution in [0.1, 0.15) is 162 Å². The fourth-order valence-corrected chi connectivity index (χ4v) is 7.10. The summed E-state index contributed by atoms with van der Waals surface area (Å²) >= 11 is 0. The highest BCUT2D eigenvalue weighted by atomic mass is 31.2. The average Bonchev–Trinajstić information content (AvgIpc) is 3.15. The van der Waals surface area contributed by atoms with E-state index in [9.17, 15) is 44.6 Å². The molecule has 1 aliphatic carbocycles. The minimum Gasteiger partial charge on any atom is -0.462 e. The van der Waals surface area contributed by atoms with Crippen LogP contribution in [-0.2, 0) is 32.7 Å². The SMILES string of the molecule is CCCC/C=C/C/C=C/CCCCCCCC(=O)O[C@H](COC(=O)CCCCCCCCCCCCC)COP(=O)(O)OC1C(O)C(O)C(O)[C@@H](O)C1O. The molecule has 0 aromatic heterocycles. The Labute approximate surface area is 324 Å². The van der Waals surface area contributed by atoms with Crippen LogP contribution in [0.25, 0.3) is 0 Å². The minimum absolute atomic E-state index is 0.0826. The van der Waals surface area contributed by atoms with Crippen molar-refractivity contribution in [2.75, 3.05) is 13.2 Å². The molecule has 1 fully saturated rings. The number of carbonyl (C=O) groups is 2. The minimum atomic E-state index is -5.11. The smallest absolute Gasteiger partial charge is 0.462 e. The van der Waals surface area contributed by atoms with E-state index in [1.165, 1.54) is 57.8 Å². The van der Waals surface area contributed by atoms with Crippen molar-refractivity contribution in [1.29, 1.82) is 0 Å². The van der Waals surface area contributed by atoms with E-state index in [1.54, 1.807) is 0 Å².